The number of benzene rings is 2. The molecular weight excluding hydrogens is 458 g/mol. The van der Waals surface area contributed by atoms with Gasteiger partial charge in [-0.1, -0.05) is 28.1 Å². The van der Waals surface area contributed by atoms with Crippen LogP contribution in [0.3, 0.4) is 0 Å². The van der Waals surface area contributed by atoms with Crippen molar-refractivity contribution in [2.45, 2.75) is 17.4 Å². The minimum absolute atomic E-state index is 0.00989. The van der Waals surface area contributed by atoms with Crippen molar-refractivity contribution in [3.8, 4) is 5.75 Å². The molecule has 1 atom stereocenters. The number of methoxy groups -OCH3 is 1. The smallest absolute Gasteiger partial charge is 0.240 e. The molecule has 0 saturated heterocycles. The van der Waals surface area contributed by atoms with Crippen molar-refractivity contribution in [2.24, 2.45) is 0 Å². The highest BCUT2D eigenvalue weighted by molar-refractivity contribution is 9.10. The quantitative estimate of drug-likeness (QED) is 0.542. The Morgan fingerprint density at radius 3 is 2.28 bits per heavy atom. The fraction of sp³-hybridized carbons (Fsp3) is 0.350. The van der Waals surface area contributed by atoms with Crippen LogP contribution in [-0.2, 0) is 14.8 Å². The summed E-state index contributed by atoms with van der Waals surface area (Å²) in [5.74, 6) is 0.553. The Morgan fingerprint density at radius 2 is 1.72 bits per heavy atom. The number of ether oxygens (including phenoxy) is 1. The molecule has 0 heterocycles. The number of rotatable bonds is 10. The van der Waals surface area contributed by atoms with Gasteiger partial charge in [0.1, 0.15) is 5.75 Å². The molecule has 29 heavy (non-hydrogen) atoms. The minimum atomic E-state index is -3.64. The van der Waals surface area contributed by atoms with Gasteiger partial charge in [0.25, 0.3) is 0 Å². The summed E-state index contributed by atoms with van der Waals surface area (Å²) < 4.78 is 32.9. The lowest BCUT2D eigenvalue weighted by molar-refractivity contribution is -0.121. The highest BCUT2D eigenvalue weighted by atomic mass is 79.9. The van der Waals surface area contributed by atoms with Gasteiger partial charge in [-0.3, -0.25) is 4.79 Å². The van der Waals surface area contributed by atoms with Crippen molar-refractivity contribution >= 4 is 31.9 Å². The fourth-order valence-corrected chi connectivity index (χ4v) is 4.02. The van der Waals surface area contributed by atoms with Crippen molar-refractivity contribution in [3.63, 3.8) is 0 Å². The van der Waals surface area contributed by atoms with Crippen LogP contribution >= 0.6 is 15.9 Å². The molecule has 7 nitrogen and oxygen atoms in total. The van der Waals surface area contributed by atoms with Gasteiger partial charge in [-0.15, -0.1) is 0 Å². The minimum Gasteiger partial charge on any atom is -0.497 e. The molecule has 2 rings (SSSR count). The maximum absolute atomic E-state index is 12.2. The van der Waals surface area contributed by atoms with E-state index in [1.165, 1.54) is 12.1 Å². The zero-order chi connectivity index (χ0) is 21.4. The SMILES string of the molecule is COc1ccc(C(CNC(=O)CCNS(=O)(=O)c2ccc(Br)cc2)N(C)C)cc1. The van der Waals surface area contributed by atoms with E-state index in [1.54, 1.807) is 19.2 Å². The maximum atomic E-state index is 12.2. The number of sulfonamides is 1. The van der Waals surface area contributed by atoms with E-state index in [4.69, 9.17) is 4.74 Å². The van der Waals surface area contributed by atoms with E-state index in [9.17, 15) is 13.2 Å². The number of likely N-dealkylation sites (N-methyl/N-ethyl adjacent to an activating group) is 1. The molecule has 0 fully saturated rings. The van der Waals surface area contributed by atoms with Gasteiger partial charge < -0.3 is 15.0 Å². The molecule has 0 bridgehead atoms. The maximum Gasteiger partial charge on any atom is 0.240 e. The molecule has 0 aliphatic heterocycles. The van der Waals surface area contributed by atoms with E-state index in [1.807, 2.05) is 43.3 Å². The van der Waals surface area contributed by atoms with Crippen molar-refractivity contribution < 1.29 is 17.9 Å². The molecule has 158 valence electrons. The molecule has 0 aliphatic rings. The summed E-state index contributed by atoms with van der Waals surface area (Å²) in [4.78, 5) is 14.4. The Morgan fingerprint density at radius 1 is 1.10 bits per heavy atom. The standard InChI is InChI=1S/C20H26BrN3O4S/c1-24(2)19(15-4-8-17(28-3)9-5-15)14-22-20(25)12-13-23-29(26,27)18-10-6-16(21)7-11-18/h4-11,19,23H,12-14H2,1-3H3,(H,22,25). The van der Waals surface area contributed by atoms with Crippen LogP contribution in [0.4, 0.5) is 0 Å². The van der Waals surface area contributed by atoms with Crippen LogP contribution in [0.1, 0.15) is 18.0 Å². The summed E-state index contributed by atoms with van der Waals surface area (Å²) in [5, 5.41) is 2.87. The highest BCUT2D eigenvalue weighted by Gasteiger charge is 2.17. The average Bonchev–Trinajstić information content (AvgIpc) is 2.68. The normalized spacial score (nSPS) is 12.6. The van der Waals surface area contributed by atoms with Gasteiger partial charge in [-0.2, -0.15) is 0 Å². The first-order chi connectivity index (χ1) is 13.7. The van der Waals surface area contributed by atoms with Crippen molar-refractivity contribution in [1.29, 1.82) is 0 Å². The van der Waals surface area contributed by atoms with Crippen LogP contribution in [-0.4, -0.2) is 53.5 Å². The van der Waals surface area contributed by atoms with Gasteiger partial charge in [0.05, 0.1) is 18.0 Å². The van der Waals surface area contributed by atoms with E-state index < -0.39 is 10.0 Å². The topological polar surface area (TPSA) is 87.7 Å². The predicted octanol–water partition coefficient (Wildman–Crippen LogP) is 2.55. The number of nitrogens with zero attached hydrogens (tertiary/aromatic N) is 1. The summed E-state index contributed by atoms with van der Waals surface area (Å²) >= 11 is 3.27. The number of nitrogens with one attached hydrogen (secondary N) is 2. The second-order valence-corrected chi connectivity index (χ2v) is 9.34. The van der Waals surface area contributed by atoms with Gasteiger partial charge in [0.2, 0.25) is 15.9 Å². The molecule has 1 amide bonds. The Bertz CT molecular complexity index is 900. The van der Waals surface area contributed by atoms with Gasteiger partial charge in [-0.05, 0) is 56.1 Å². The average molecular weight is 484 g/mol. The van der Waals surface area contributed by atoms with E-state index in [0.29, 0.717) is 6.54 Å². The number of carbonyl (C=O) groups excluding carboxylic acids is 1. The van der Waals surface area contributed by atoms with Crippen LogP contribution in [0.5, 0.6) is 5.75 Å². The van der Waals surface area contributed by atoms with Crippen LogP contribution in [0.25, 0.3) is 0 Å². The molecule has 0 aromatic heterocycles. The van der Waals surface area contributed by atoms with Crippen molar-refractivity contribution in [3.05, 3.63) is 58.6 Å². The Balaban J connectivity index is 1.85. The lowest BCUT2D eigenvalue weighted by Crippen LogP contribution is -2.36. The fourth-order valence-electron chi connectivity index (χ4n) is 2.72. The predicted molar refractivity (Wildman–Crippen MR) is 116 cm³/mol. The first kappa shape index (κ1) is 23.3. The van der Waals surface area contributed by atoms with Gasteiger partial charge in [0, 0.05) is 24.0 Å². The lowest BCUT2D eigenvalue weighted by Gasteiger charge is -2.25. The van der Waals surface area contributed by atoms with E-state index in [2.05, 4.69) is 26.0 Å². The zero-order valence-corrected chi connectivity index (χ0v) is 19.1. The third-order valence-corrected chi connectivity index (χ3v) is 6.39. The zero-order valence-electron chi connectivity index (χ0n) is 16.7. The number of hydrogen-bond acceptors (Lipinski definition) is 5. The number of hydrogen-bond donors (Lipinski definition) is 2. The number of carbonyl (C=O) groups is 1. The van der Waals surface area contributed by atoms with Crippen molar-refractivity contribution in [2.75, 3.05) is 34.3 Å². The molecule has 2 N–H and O–H groups in total. The second kappa shape index (κ2) is 10.7. The van der Waals surface area contributed by atoms with Gasteiger partial charge >= 0.3 is 0 Å². The Hall–Kier alpha value is -1.94. The number of halogens is 1. The molecule has 0 spiro atoms. The van der Waals surface area contributed by atoms with E-state index in [-0.39, 0.29) is 29.8 Å². The van der Waals surface area contributed by atoms with Gasteiger partial charge in [-0.25, -0.2) is 13.1 Å². The van der Waals surface area contributed by atoms with Crippen LogP contribution in [0.2, 0.25) is 0 Å². The van der Waals surface area contributed by atoms with Gasteiger partial charge in [0.15, 0.2) is 0 Å². The van der Waals surface area contributed by atoms with Crippen molar-refractivity contribution in [1.82, 2.24) is 14.9 Å². The molecule has 9 heteroatoms. The first-order valence-electron chi connectivity index (χ1n) is 9.05. The molecule has 2 aromatic carbocycles. The third-order valence-electron chi connectivity index (χ3n) is 4.38. The Kier molecular flexibility index (Phi) is 8.63. The van der Waals surface area contributed by atoms with E-state index >= 15 is 0 Å². The summed E-state index contributed by atoms with van der Waals surface area (Å²) in [7, 11) is 1.85. The summed E-state index contributed by atoms with van der Waals surface area (Å²) in [6.07, 6.45) is 0.0541. The third kappa shape index (κ3) is 7.11. The van der Waals surface area contributed by atoms with Crippen LogP contribution in [0.15, 0.2) is 57.9 Å². The highest BCUT2D eigenvalue weighted by Crippen LogP contribution is 2.20. The van der Waals surface area contributed by atoms with E-state index in [0.717, 1.165) is 15.8 Å². The Labute approximate surface area is 180 Å². The summed E-state index contributed by atoms with van der Waals surface area (Å²) in [5.41, 5.74) is 1.05. The second-order valence-electron chi connectivity index (χ2n) is 6.66. The number of amides is 1. The summed E-state index contributed by atoms with van der Waals surface area (Å²) in [6, 6.07) is 14.0. The van der Waals surface area contributed by atoms with Crippen LogP contribution in [0, 0.1) is 0 Å². The molecule has 1 unspecified atom stereocenters. The molecule has 0 radical (unpaired) electrons. The largest absolute Gasteiger partial charge is 0.497 e. The molecular formula is C20H26BrN3O4S. The monoisotopic (exact) mass is 483 g/mol. The lowest BCUT2D eigenvalue weighted by atomic mass is 10.1. The molecule has 2 aromatic rings. The van der Waals surface area contributed by atoms with Crippen LogP contribution < -0.4 is 14.8 Å². The first-order valence-corrected chi connectivity index (χ1v) is 11.3. The molecule has 0 aliphatic carbocycles. The summed E-state index contributed by atoms with van der Waals surface area (Å²) in [6.45, 7) is 0.441. The molecule has 0 saturated carbocycles.